The van der Waals surface area contributed by atoms with E-state index in [1.165, 1.54) is 12.1 Å². The third-order valence-electron chi connectivity index (χ3n) is 3.30. The lowest BCUT2D eigenvalue weighted by Crippen LogP contribution is -2.21. The third-order valence-corrected chi connectivity index (χ3v) is 3.30. The highest BCUT2D eigenvalue weighted by Crippen LogP contribution is 2.34. The van der Waals surface area contributed by atoms with Crippen molar-refractivity contribution in [3.05, 3.63) is 63.7 Å². The Labute approximate surface area is 130 Å². The van der Waals surface area contributed by atoms with Gasteiger partial charge in [-0.15, -0.1) is 0 Å². The Bertz CT molecular complexity index is 804. The van der Waals surface area contributed by atoms with Gasteiger partial charge in [0, 0.05) is 17.2 Å². The Kier molecular flexibility index (Phi) is 3.63. The van der Waals surface area contributed by atoms with E-state index < -0.39 is 16.9 Å². The van der Waals surface area contributed by atoms with Crippen LogP contribution in [0.3, 0.4) is 0 Å². The maximum atomic E-state index is 12.2. The van der Waals surface area contributed by atoms with Gasteiger partial charge in [-0.05, 0) is 18.2 Å². The minimum atomic E-state index is -0.673. The molecule has 0 aromatic heterocycles. The smallest absolute Gasteiger partial charge is 0.411 e. The minimum Gasteiger partial charge on any atom is -0.444 e. The third kappa shape index (κ3) is 2.95. The summed E-state index contributed by atoms with van der Waals surface area (Å²) in [4.78, 5) is 34.0. The highest BCUT2D eigenvalue weighted by Gasteiger charge is 2.24. The molecule has 3 rings (SSSR count). The van der Waals surface area contributed by atoms with E-state index >= 15 is 0 Å². The molecular weight excluding hydrogens is 302 g/mol. The van der Waals surface area contributed by atoms with E-state index in [-0.39, 0.29) is 18.0 Å². The number of nitrogens with one attached hydrogen (secondary N) is 2. The van der Waals surface area contributed by atoms with Crippen LogP contribution in [0.25, 0.3) is 0 Å². The summed E-state index contributed by atoms with van der Waals surface area (Å²) in [6.45, 7) is -0.0205. The van der Waals surface area contributed by atoms with Crippen LogP contribution in [-0.4, -0.2) is 16.9 Å². The summed E-state index contributed by atoms with van der Waals surface area (Å²) >= 11 is 0. The van der Waals surface area contributed by atoms with Crippen molar-refractivity contribution in [1.29, 1.82) is 0 Å². The van der Waals surface area contributed by atoms with Gasteiger partial charge in [-0.25, -0.2) is 4.79 Å². The van der Waals surface area contributed by atoms with Crippen LogP contribution in [0.4, 0.5) is 21.9 Å². The SMILES string of the molecule is O=C1Nc2cc([N+](=O)[O-])c(NC(=O)c3ccccc3)cc2CO1. The second-order valence-corrected chi connectivity index (χ2v) is 4.80. The summed E-state index contributed by atoms with van der Waals surface area (Å²) in [6, 6.07) is 11.0. The number of benzene rings is 2. The molecule has 0 unspecified atom stereocenters. The number of hydrogen-bond donors (Lipinski definition) is 2. The van der Waals surface area contributed by atoms with Crippen molar-refractivity contribution in [2.75, 3.05) is 10.6 Å². The number of ether oxygens (including phenoxy) is 1. The zero-order chi connectivity index (χ0) is 16.4. The van der Waals surface area contributed by atoms with Crippen LogP contribution in [0.15, 0.2) is 42.5 Å². The standard InChI is InChI=1S/C15H11N3O5/c19-14(9-4-2-1-3-5-9)16-12-6-10-8-23-15(20)17-11(10)7-13(12)18(21)22/h1-7H,8H2,(H,16,19)(H,17,20). The van der Waals surface area contributed by atoms with Gasteiger partial charge in [-0.3, -0.25) is 20.2 Å². The summed E-state index contributed by atoms with van der Waals surface area (Å²) in [7, 11) is 0. The molecule has 2 aromatic rings. The first-order valence-electron chi connectivity index (χ1n) is 6.66. The predicted molar refractivity (Wildman–Crippen MR) is 81.3 cm³/mol. The van der Waals surface area contributed by atoms with Gasteiger partial charge < -0.3 is 10.1 Å². The van der Waals surface area contributed by atoms with E-state index in [1.54, 1.807) is 30.3 Å². The number of carbonyl (C=O) groups excluding carboxylic acids is 2. The number of carbonyl (C=O) groups is 2. The molecule has 116 valence electrons. The molecule has 1 aliphatic rings. The van der Waals surface area contributed by atoms with Crippen molar-refractivity contribution in [2.24, 2.45) is 0 Å². The normalized spacial score (nSPS) is 12.6. The number of nitrogens with zero attached hydrogens (tertiary/aromatic N) is 1. The molecular formula is C15H11N3O5. The molecule has 1 aliphatic heterocycles. The number of rotatable bonds is 3. The lowest BCUT2D eigenvalue weighted by molar-refractivity contribution is -0.383. The lowest BCUT2D eigenvalue weighted by atomic mass is 10.1. The fourth-order valence-electron chi connectivity index (χ4n) is 2.19. The first-order chi connectivity index (χ1) is 11.0. The number of hydrogen-bond acceptors (Lipinski definition) is 5. The summed E-state index contributed by atoms with van der Waals surface area (Å²) < 4.78 is 4.82. The maximum Gasteiger partial charge on any atom is 0.411 e. The fourth-order valence-corrected chi connectivity index (χ4v) is 2.19. The summed E-state index contributed by atoms with van der Waals surface area (Å²) in [5.74, 6) is -0.464. The molecule has 0 fully saturated rings. The Morgan fingerprint density at radius 1 is 1.26 bits per heavy atom. The molecule has 0 saturated carbocycles. The van der Waals surface area contributed by atoms with Crippen molar-refractivity contribution >= 4 is 29.1 Å². The van der Waals surface area contributed by atoms with E-state index in [9.17, 15) is 19.7 Å². The zero-order valence-electron chi connectivity index (χ0n) is 11.7. The van der Waals surface area contributed by atoms with Gasteiger partial charge in [0.2, 0.25) is 0 Å². The van der Waals surface area contributed by atoms with Crippen LogP contribution in [0.5, 0.6) is 0 Å². The number of amides is 2. The van der Waals surface area contributed by atoms with Gasteiger partial charge in [-0.1, -0.05) is 18.2 Å². The van der Waals surface area contributed by atoms with Crippen molar-refractivity contribution < 1.29 is 19.2 Å². The van der Waals surface area contributed by atoms with E-state index in [4.69, 9.17) is 4.74 Å². The molecule has 23 heavy (non-hydrogen) atoms. The molecule has 8 heteroatoms. The van der Waals surface area contributed by atoms with Crippen molar-refractivity contribution in [2.45, 2.75) is 6.61 Å². The molecule has 1 heterocycles. The molecule has 0 atom stereocenters. The fraction of sp³-hybridized carbons (Fsp3) is 0.0667. The maximum absolute atomic E-state index is 12.2. The lowest BCUT2D eigenvalue weighted by Gasteiger charge is -2.18. The highest BCUT2D eigenvalue weighted by molar-refractivity contribution is 6.06. The van der Waals surface area contributed by atoms with Gasteiger partial charge in [-0.2, -0.15) is 0 Å². The number of nitro groups is 1. The quantitative estimate of drug-likeness (QED) is 0.668. The van der Waals surface area contributed by atoms with Crippen molar-refractivity contribution in [1.82, 2.24) is 0 Å². The molecule has 0 saturated heterocycles. The number of anilines is 2. The van der Waals surface area contributed by atoms with Crippen molar-refractivity contribution in [3.8, 4) is 0 Å². The molecule has 0 radical (unpaired) electrons. The van der Waals surface area contributed by atoms with E-state index in [0.29, 0.717) is 16.8 Å². The first-order valence-corrected chi connectivity index (χ1v) is 6.66. The van der Waals surface area contributed by atoms with Crippen LogP contribution >= 0.6 is 0 Å². The second-order valence-electron chi connectivity index (χ2n) is 4.80. The number of fused-ring (bicyclic) bond motifs is 1. The van der Waals surface area contributed by atoms with Crippen molar-refractivity contribution in [3.63, 3.8) is 0 Å². The van der Waals surface area contributed by atoms with Crippen LogP contribution in [0, 0.1) is 10.1 Å². The van der Waals surface area contributed by atoms with E-state index in [2.05, 4.69) is 10.6 Å². The second kappa shape index (κ2) is 5.76. The van der Waals surface area contributed by atoms with Gasteiger partial charge in [0.15, 0.2) is 0 Å². The zero-order valence-corrected chi connectivity index (χ0v) is 11.7. The Hall–Kier alpha value is -3.42. The highest BCUT2D eigenvalue weighted by atomic mass is 16.6. The average Bonchev–Trinajstić information content (AvgIpc) is 2.55. The first kappa shape index (κ1) is 14.5. The van der Waals surface area contributed by atoms with Crippen LogP contribution in [0.1, 0.15) is 15.9 Å². The van der Waals surface area contributed by atoms with E-state index in [1.807, 2.05) is 0 Å². The van der Waals surface area contributed by atoms with Gasteiger partial charge in [0.05, 0.1) is 10.6 Å². The average molecular weight is 313 g/mol. The van der Waals surface area contributed by atoms with Gasteiger partial charge in [0.1, 0.15) is 12.3 Å². The molecule has 0 aliphatic carbocycles. The Morgan fingerprint density at radius 2 is 2.00 bits per heavy atom. The summed E-state index contributed by atoms with van der Waals surface area (Å²) in [5, 5.41) is 16.1. The molecule has 2 N–H and O–H groups in total. The Morgan fingerprint density at radius 3 is 2.70 bits per heavy atom. The minimum absolute atomic E-state index is 0.0205. The van der Waals surface area contributed by atoms with Crippen LogP contribution < -0.4 is 10.6 Å². The summed E-state index contributed by atoms with van der Waals surface area (Å²) in [6.07, 6.45) is -0.673. The van der Waals surface area contributed by atoms with Crippen LogP contribution in [-0.2, 0) is 11.3 Å². The van der Waals surface area contributed by atoms with Crippen LogP contribution in [0.2, 0.25) is 0 Å². The largest absolute Gasteiger partial charge is 0.444 e. The molecule has 0 spiro atoms. The topological polar surface area (TPSA) is 111 Å². The molecule has 2 amide bonds. The monoisotopic (exact) mass is 313 g/mol. The van der Waals surface area contributed by atoms with Gasteiger partial charge in [0.25, 0.3) is 11.6 Å². The molecule has 0 bridgehead atoms. The number of cyclic esters (lactones) is 1. The number of nitro benzene ring substituents is 1. The predicted octanol–water partition coefficient (Wildman–Crippen LogP) is 2.91. The molecule has 2 aromatic carbocycles. The summed E-state index contributed by atoms with van der Waals surface area (Å²) in [5.41, 5.74) is 0.950. The molecule has 8 nitrogen and oxygen atoms in total. The Balaban J connectivity index is 1.96. The van der Waals surface area contributed by atoms with Gasteiger partial charge >= 0.3 is 6.09 Å². The van der Waals surface area contributed by atoms with E-state index in [0.717, 1.165) is 0 Å².